The van der Waals surface area contributed by atoms with Crippen LogP contribution in [0.5, 0.6) is 5.88 Å². The number of ether oxygens (including phenoxy) is 1. The predicted octanol–water partition coefficient (Wildman–Crippen LogP) is 0.0915. The van der Waals surface area contributed by atoms with E-state index in [1.807, 2.05) is 6.07 Å². The summed E-state index contributed by atoms with van der Waals surface area (Å²) >= 11 is 0. The second-order valence-electron chi connectivity index (χ2n) is 1.66. The standard InChI is InChI=1S/C6H8N2O/c1-9-6-5(7)3-2-4-8-6/h2-4H,7H2,1H3/p+1. The van der Waals surface area contributed by atoms with Crippen LogP contribution in [0.25, 0.3) is 0 Å². The number of H-pyrrole nitrogens is 1. The minimum Gasteiger partial charge on any atom is -0.446 e. The number of nitrogen functional groups attached to an aromatic ring is 1. The van der Waals surface area contributed by atoms with Crippen molar-refractivity contribution in [3.63, 3.8) is 0 Å². The highest BCUT2D eigenvalue weighted by Gasteiger charge is 2.01. The summed E-state index contributed by atoms with van der Waals surface area (Å²) in [6.45, 7) is 0. The lowest BCUT2D eigenvalue weighted by molar-refractivity contribution is -0.391. The molecule has 1 aromatic rings. The lowest BCUT2D eigenvalue weighted by Crippen LogP contribution is -2.08. The molecule has 3 N–H and O–H groups in total. The first kappa shape index (κ1) is 5.88. The summed E-state index contributed by atoms with van der Waals surface area (Å²) in [6.07, 6.45) is 1.76. The number of nitrogens with one attached hydrogen (secondary N) is 1. The van der Waals surface area contributed by atoms with Gasteiger partial charge in [0.2, 0.25) is 0 Å². The third kappa shape index (κ3) is 1.10. The second-order valence-corrected chi connectivity index (χ2v) is 1.66. The van der Waals surface area contributed by atoms with E-state index in [2.05, 4.69) is 4.98 Å². The molecule has 1 heterocycles. The van der Waals surface area contributed by atoms with Crippen LogP contribution >= 0.6 is 0 Å². The normalized spacial score (nSPS) is 9.00. The molecule has 0 saturated heterocycles. The van der Waals surface area contributed by atoms with E-state index in [-0.39, 0.29) is 0 Å². The van der Waals surface area contributed by atoms with Crippen molar-refractivity contribution in [1.29, 1.82) is 0 Å². The fourth-order valence-corrected chi connectivity index (χ4v) is 0.611. The van der Waals surface area contributed by atoms with Gasteiger partial charge in [-0.05, 0) is 6.07 Å². The molecule has 0 bridgehead atoms. The molecule has 1 aromatic heterocycles. The predicted molar refractivity (Wildman–Crippen MR) is 34.0 cm³/mol. The second kappa shape index (κ2) is 2.35. The molecule has 0 radical (unpaired) electrons. The molecule has 0 spiro atoms. The maximum Gasteiger partial charge on any atom is 0.389 e. The Morgan fingerprint density at radius 2 is 2.44 bits per heavy atom. The van der Waals surface area contributed by atoms with Crippen LogP contribution in [-0.2, 0) is 0 Å². The number of aromatic nitrogens is 1. The van der Waals surface area contributed by atoms with E-state index in [0.29, 0.717) is 11.6 Å². The zero-order chi connectivity index (χ0) is 6.69. The molecular formula is C6H9N2O+. The molecule has 0 fully saturated rings. The maximum atomic E-state index is 5.47. The van der Waals surface area contributed by atoms with Crippen LogP contribution < -0.4 is 15.5 Å². The molecule has 0 aliphatic carbocycles. The van der Waals surface area contributed by atoms with Crippen LogP contribution in [0.2, 0.25) is 0 Å². The largest absolute Gasteiger partial charge is 0.446 e. The summed E-state index contributed by atoms with van der Waals surface area (Å²) in [5.74, 6) is 0.609. The van der Waals surface area contributed by atoms with E-state index >= 15 is 0 Å². The summed E-state index contributed by atoms with van der Waals surface area (Å²) in [5.41, 5.74) is 6.10. The molecule has 0 aliphatic heterocycles. The zero-order valence-corrected chi connectivity index (χ0v) is 5.22. The van der Waals surface area contributed by atoms with Crippen LogP contribution in [0, 0.1) is 0 Å². The molecule has 48 valence electrons. The Bertz CT molecular complexity index is 200. The summed E-state index contributed by atoms with van der Waals surface area (Å²) < 4.78 is 4.86. The van der Waals surface area contributed by atoms with Crippen molar-refractivity contribution in [3.8, 4) is 5.88 Å². The Kier molecular flexibility index (Phi) is 1.53. The molecule has 0 unspecified atom stereocenters. The van der Waals surface area contributed by atoms with E-state index in [4.69, 9.17) is 10.5 Å². The number of methoxy groups -OCH3 is 1. The molecule has 0 atom stereocenters. The van der Waals surface area contributed by atoms with Gasteiger partial charge in [0, 0.05) is 6.07 Å². The van der Waals surface area contributed by atoms with Gasteiger partial charge < -0.3 is 10.5 Å². The van der Waals surface area contributed by atoms with Crippen LogP contribution in [0.4, 0.5) is 5.69 Å². The van der Waals surface area contributed by atoms with Gasteiger partial charge in [-0.25, -0.2) is 0 Å². The van der Waals surface area contributed by atoms with E-state index in [1.54, 1.807) is 19.4 Å². The summed E-state index contributed by atoms with van der Waals surface area (Å²) in [5, 5.41) is 0. The number of pyridine rings is 1. The van der Waals surface area contributed by atoms with Crippen LogP contribution in [0.15, 0.2) is 18.3 Å². The minimum atomic E-state index is 0.609. The molecule has 0 aliphatic rings. The molecule has 0 amide bonds. The van der Waals surface area contributed by atoms with Gasteiger partial charge in [0.1, 0.15) is 5.69 Å². The van der Waals surface area contributed by atoms with Gasteiger partial charge in [-0.15, -0.1) is 0 Å². The molecular weight excluding hydrogens is 116 g/mol. The maximum absolute atomic E-state index is 5.47. The molecule has 3 nitrogen and oxygen atoms in total. The van der Waals surface area contributed by atoms with Crippen molar-refractivity contribution in [2.24, 2.45) is 0 Å². The first-order valence-electron chi connectivity index (χ1n) is 2.65. The number of aromatic amines is 1. The summed E-state index contributed by atoms with van der Waals surface area (Å²) in [7, 11) is 1.57. The summed E-state index contributed by atoms with van der Waals surface area (Å²) in [4.78, 5) is 2.84. The van der Waals surface area contributed by atoms with Crippen LogP contribution in [0.3, 0.4) is 0 Å². The highest BCUT2D eigenvalue weighted by atomic mass is 16.5. The van der Waals surface area contributed by atoms with Crippen LogP contribution in [0.1, 0.15) is 0 Å². The number of rotatable bonds is 1. The SMILES string of the molecule is COc1[nH+]cccc1N. The Hall–Kier alpha value is -1.25. The van der Waals surface area contributed by atoms with Crippen molar-refractivity contribution < 1.29 is 9.72 Å². The smallest absolute Gasteiger partial charge is 0.389 e. The van der Waals surface area contributed by atoms with Gasteiger partial charge in [0.15, 0.2) is 6.20 Å². The highest BCUT2D eigenvalue weighted by Crippen LogP contribution is 2.10. The Balaban J connectivity index is 3.01. The number of hydrogen-bond acceptors (Lipinski definition) is 2. The third-order valence-corrected chi connectivity index (χ3v) is 1.05. The molecule has 9 heavy (non-hydrogen) atoms. The topological polar surface area (TPSA) is 49.4 Å². The Morgan fingerprint density at radius 1 is 1.67 bits per heavy atom. The molecule has 3 heteroatoms. The van der Waals surface area contributed by atoms with E-state index in [1.165, 1.54) is 0 Å². The number of nitrogens with two attached hydrogens (primary N) is 1. The number of anilines is 1. The molecule has 1 rings (SSSR count). The fourth-order valence-electron chi connectivity index (χ4n) is 0.611. The lowest BCUT2D eigenvalue weighted by Gasteiger charge is -1.92. The number of hydrogen-bond donors (Lipinski definition) is 1. The van der Waals surface area contributed by atoms with E-state index in [0.717, 1.165) is 0 Å². The average molecular weight is 125 g/mol. The Labute approximate surface area is 53.5 Å². The van der Waals surface area contributed by atoms with Gasteiger partial charge in [0.25, 0.3) is 0 Å². The van der Waals surface area contributed by atoms with Gasteiger partial charge in [0.05, 0.1) is 7.11 Å². The first-order chi connectivity index (χ1) is 4.34. The first-order valence-corrected chi connectivity index (χ1v) is 2.65. The third-order valence-electron chi connectivity index (χ3n) is 1.05. The van der Waals surface area contributed by atoms with Crippen molar-refractivity contribution in [3.05, 3.63) is 18.3 Å². The van der Waals surface area contributed by atoms with Crippen molar-refractivity contribution in [1.82, 2.24) is 0 Å². The van der Waals surface area contributed by atoms with Crippen LogP contribution in [-0.4, -0.2) is 7.11 Å². The van der Waals surface area contributed by atoms with Crippen molar-refractivity contribution >= 4 is 5.69 Å². The van der Waals surface area contributed by atoms with Crippen molar-refractivity contribution in [2.45, 2.75) is 0 Å². The minimum absolute atomic E-state index is 0.609. The lowest BCUT2D eigenvalue weighted by atomic mass is 10.4. The fraction of sp³-hybridized carbons (Fsp3) is 0.167. The van der Waals surface area contributed by atoms with Crippen molar-refractivity contribution in [2.75, 3.05) is 12.8 Å². The van der Waals surface area contributed by atoms with Gasteiger partial charge in [-0.3, -0.25) is 0 Å². The van der Waals surface area contributed by atoms with Gasteiger partial charge >= 0.3 is 5.88 Å². The van der Waals surface area contributed by atoms with E-state index in [9.17, 15) is 0 Å². The quantitative estimate of drug-likeness (QED) is 0.578. The van der Waals surface area contributed by atoms with Gasteiger partial charge in [-0.2, -0.15) is 4.98 Å². The van der Waals surface area contributed by atoms with Gasteiger partial charge in [-0.1, -0.05) is 0 Å². The Morgan fingerprint density at radius 3 is 2.89 bits per heavy atom. The highest BCUT2D eigenvalue weighted by molar-refractivity contribution is 5.43. The average Bonchev–Trinajstić information content (AvgIpc) is 1.89. The monoisotopic (exact) mass is 125 g/mol. The molecule has 0 saturated carbocycles. The summed E-state index contributed by atoms with van der Waals surface area (Å²) in [6, 6.07) is 3.59. The van der Waals surface area contributed by atoms with E-state index < -0.39 is 0 Å². The zero-order valence-electron chi connectivity index (χ0n) is 5.22. The molecule has 0 aromatic carbocycles.